The summed E-state index contributed by atoms with van der Waals surface area (Å²) in [6.07, 6.45) is -9.82. The Morgan fingerprint density at radius 1 is 0.833 bits per heavy atom. The summed E-state index contributed by atoms with van der Waals surface area (Å²) in [5.74, 6) is -3.44. The fraction of sp³-hybridized carbons (Fsp3) is 0.432. The highest BCUT2D eigenvalue weighted by Gasteiger charge is 2.43. The Morgan fingerprint density at radius 2 is 1.48 bits per heavy atom. The Balaban J connectivity index is 1.57. The number of rotatable bonds is 8. The number of aromatic amines is 2. The van der Waals surface area contributed by atoms with Crippen LogP contribution < -0.4 is 0 Å². The number of alkyl halides is 6. The van der Waals surface area contributed by atoms with Crippen molar-refractivity contribution in [2.45, 2.75) is 109 Å². The first-order valence-electron chi connectivity index (χ1n) is 19.7. The average Bonchev–Trinajstić information content (AvgIpc) is 3.87. The molecular formula is C44H45F6N5O5. The maximum Gasteiger partial charge on any atom is 0.416 e. The molecule has 8 bridgehead atoms. The quantitative estimate of drug-likeness (QED) is 0.131. The summed E-state index contributed by atoms with van der Waals surface area (Å²) in [6, 6.07) is 6.70. The number of halogens is 6. The van der Waals surface area contributed by atoms with Crippen molar-refractivity contribution in [2.75, 3.05) is 14.2 Å². The van der Waals surface area contributed by atoms with Crippen LogP contribution >= 0.6 is 0 Å². The highest BCUT2D eigenvalue weighted by atomic mass is 19.4. The SMILES string of the molecule is CC[C@@H]1c2cc3[nH]c4c(c5nc(cc6nc(cc([nH]2)[C@H]1C)C(C(C)OC)=C6C)[C@@H](C)[C@@H]5CCC(=O)OC)C(=O)N(Cc1cc(C(F)(F)F)cc(C(F)(F)F)c1)C(=O)c4c3C. The molecule has 16 heteroatoms. The van der Waals surface area contributed by atoms with Gasteiger partial charge in [0.05, 0.1) is 64.6 Å². The third-order valence-electron chi connectivity index (χ3n) is 12.4. The second-order valence-corrected chi connectivity index (χ2v) is 15.9. The molecule has 0 radical (unpaired) electrons. The van der Waals surface area contributed by atoms with E-state index in [1.165, 1.54) is 7.11 Å². The van der Waals surface area contributed by atoms with Gasteiger partial charge in [0.15, 0.2) is 0 Å². The van der Waals surface area contributed by atoms with Gasteiger partial charge in [-0.15, -0.1) is 0 Å². The molecule has 318 valence electrons. The molecule has 0 fully saturated rings. The number of methoxy groups -OCH3 is 2. The lowest BCUT2D eigenvalue weighted by atomic mass is 9.84. The molecule has 7 rings (SSSR count). The summed E-state index contributed by atoms with van der Waals surface area (Å²) in [6.45, 7) is 10.6. The number of imide groups is 1. The Kier molecular flexibility index (Phi) is 11.0. The highest BCUT2D eigenvalue weighted by Crippen LogP contribution is 2.46. The fourth-order valence-electron chi connectivity index (χ4n) is 8.96. The minimum absolute atomic E-state index is 0.00225. The number of nitrogens with one attached hydrogen (secondary N) is 2. The van der Waals surface area contributed by atoms with Crippen molar-refractivity contribution < 1.29 is 50.2 Å². The van der Waals surface area contributed by atoms with Crippen LogP contribution in [-0.4, -0.2) is 62.9 Å². The van der Waals surface area contributed by atoms with Crippen LogP contribution in [0.4, 0.5) is 26.3 Å². The minimum atomic E-state index is -5.16. The molecule has 2 N–H and O–H groups in total. The normalized spacial score (nSPS) is 20.5. The van der Waals surface area contributed by atoms with E-state index in [2.05, 4.69) is 23.8 Å². The number of H-pyrrole nitrogens is 2. The number of nitrogens with zero attached hydrogens (tertiary/aromatic N) is 3. The number of carbonyl (C=O) groups excluding carboxylic acids is 3. The summed E-state index contributed by atoms with van der Waals surface area (Å²) >= 11 is 0. The molecule has 2 amide bonds. The zero-order valence-corrected chi connectivity index (χ0v) is 34.3. The van der Waals surface area contributed by atoms with E-state index in [0.29, 0.717) is 45.2 Å². The molecule has 0 aliphatic carbocycles. The van der Waals surface area contributed by atoms with E-state index in [1.54, 1.807) is 14.0 Å². The number of fused-ring (bicyclic) bond motifs is 8. The number of ether oxygens (including phenoxy) is 2. The molecule has 1 aromatic carbocycles. The van der Waals surface area contributed by atoms with E-state index in [-0.39, 0.29) is 59.2 Å². The number of allylic oxidation sites excluding steroid dienone is 1. The standard InChI is InChI=1S/C44H45F6N5O5/c1-9-27-19(2)29-17-34-36(23(6)59-7)21(4)31(52-34)15-30-20(3)28(10-11-35(56)60-8)39(53-30)38-40-37(22(5)32(54-40)16-33(27)51-29)41(57)55(42(38)58)18-24-12-25(43(45,46)47)14-26(13-24)44(48,49)50/h12-17,19-20,23,27-28,51,54H,9-11,18H2,1-8H3/t19-,20-,23?,27-,28-/m0/s1. The zero-order valence-electron chi connectivity index (χ0n) is 34.3. The Bertz CT molecular complexity index is 2500. The first-order valence-corrected chi connectivity index (χ1v) is 19.7. The number of carbonyl (C=O) groups is 3. The van der Waals surface area contributed by atoms with Gasteiger partial charge in [-0.3, -0.25) is 24.3 Å². The second kappa shape index (κ2) is 15.5. The lowest BCUT2D eigenvalue weighted by Crippen LogP contribution is -2.40. The zero-order chi connectivity index (χ0) is 43.7. The summed E-state index contributed by atoms with van der Waals surface area (Å²) in [7, 11) is 2.86. The number of hydrogen-bond acceptors (Lipinski definition) is 7. The molecule has 0 saturated carbocycles. The van der Waals surface area contributed by atoms with E-state index in [1.807, 2.05) is 39.0 Å². The van der Waals surface area contributed by atoms with E-state index in [9.17, 15) is 40.7 Å². The molecule has 2 aromatic heterocycles. The van der Waals surface area contributed by atoms with Crippen molar-refractivity contribution in [3.05, 3.63) is 104 Å². The van der Waals surface area contributed by atoms with E-state index < -0.39 is 65.2 Å². The van der Waals surface area contributed by atoms with Crippen molar-refractivity contribution in [1.82, 2.24) is 24.8 Å². The number of benzene rings is 1. The predicted octanol–water partition coefficient (Wildman–Crippen LogP) is 10.3. The predicted molar refractivity (Wildman–Crippen MR) is 211 cm³/mol. The minimum Gasteiger partial charge on any atom is -0.469 e. The average molecular weight is 838 g/mol. The Morgan fingerprint density at radius 3 is 2.08 bits per heavy atom. The van der Waals surface area contributed by atoms with Crippen LogP contribution in [0, 0.1) is 6.92 Å². The molecule has 0 spiro atoms. The molecule has 5 atom stereocenters. The van der Waals surface area contributed by atoms with Gasteiger partial charge in [0.25, 0.3) is 11.8 Å². The van der Waals surface area contributed by atoms with E-state index in [0.717, 1.165) is 29.0 Å². The van der Waals surface area contributed by atoms with Gasteiger partial charge in [0.2, 0.25) is 0 Å². The van der Waals surface area contributed by atoms with Crippen molar-refractivity contribution in [3.8, 4) is 0 Å². The largest absolute Gasteiger partial charge is 0.469 e. The molecule has 6 heterocycles. The second-order valence-electron chi connectivity index (χ2n) is 15.9. The van der Waals surface area contributed by atoms with Gasteiger partial charge >= 0.3 is 18.3 Å². The van der Waals surface area contributed by atoms with Crippen LogP contribution in [-0.2, 0) is 33.2 Å². The Hall–Kier alpha value is -5.51. The Labute approximate surface area is 342 Å². The van der Waals surface area contributed by atoms with Crippen LogP contribution in [0.1, 0.15) is 155 Å². The smallest absolute Gasteiger partial charge is 0.416 e. The van der Waals surface area contributed by atoms with Crippen LogP contribution in [0.2, 0.25) is 0 Å². The third-order valence-corrected chi connectivity index (χ3v) is 12.4. The maximum absolute atomic E-state index is 14.9. The van der Waals surface area contributed by atoms with Crippen LogP contribution in [0.5, 0.6) is 0 Å². The summed E-state index contributed by atoms with van der Waals surface area (Å²) in [5, 5.41) is 0. The van der Waals surface area contributed by atoms with Crippen molar-refractivity contribution in [2.24, 2.45) is 0 Å². The van der Waals surface area contributed by atoms with Gasteiger partial charge in [0, 0.05) is 65.4 Å². The molecule has 0 saturated heterocycles. The number of amides is 2. The van der Waals surface area contributed by atoms with Crippen molar-refractivity contribution in [1.29, 1.82) is 0 Å². The van der Waals surface area contributed by atoms with Gasteiger partial charge in [0.1, 0.15) is 0 Å². The van der Waals surface area contributed by atoms with Crippen LogP contribution in [0.15, 0.2) is 36.4 Å². The third kappa shape index (κ3) is 7.36. The first-order chi connectivity index (χ1) is 28.2. The molecule has 10 nitrogen and oxygen atoms in total. The van der Waals surface area contributed by atoms with E-state index >= 15 is 0 Å². The summed E-state index contributed by atoms with van der Waals surface area (Å²) < 4.78 is 94.5. The maximum atomic E-state index is 14.9. The van der Waals surface area contributed by atoms with Gasteiger partial charge in [-0.05, 0) is 86.7 Å². The van der Waals surface area contributed by atoms with Crippen LogP contribution in [0.25, 0.3) is 22.2 Å². The number of esters is 1. The highest BCUT2D eigenvalue weighted by molar-refractivity contribution is 6.23. The first kappa shape index (κ1) is 42.6. The number of hydrogen-bond donors (Lipinski definition) is 2. The van der Waals surface area contributed by atoms with Gasteiger partial charge in [-0.25, -0.2) is 4.98 Å². The van der Waals surface area contributed by atoms with Gasteiger partial charge < -0.3 is 19.4 Å². The molecular weight excluding hydrogens is 793 g/mol. The lowest BCUT2D eigenvalue weighted by molar-refractivity contribution is -0.143. The fourth-order valence-corrected chi connectivity index (χ4v) is 8.96. The molecule has 1 unspecified atom stereocenters. The molecule has 60 heavy (non-hydrogen) atoms. The van der Waals surface area contributed by atoms with E-state index in [4.69, 9.17) is 19.4 Å². The lowest BCUT2D eigenvalue weighted by Gasteiger charge is -2.27. The summed E-state index contributed by atoms with van der Waals surface area (Å²) in [5.41, 5.74) is 2.66. The monoisotopic (exact) mass is 837 g/mol. The molecule has 3 aromatic rings. The van der Waals surface area contributed by atoms with Crippen molar-refractivity contribution in [3.63, 3.8) is 0 Å². The molecule has 4 aliphatic rings. The van der Waals surface area contributed by atoms with Gasteiger partial charge in [-0.2, -0.15) is 26.3 Å². The number of aromatic nitrogens is 4. The summed E-state index contributed by atoms with van der Waals surface area (Å²) in [4.78, 5) is 59.7. The molecule has 4 aliphatic heterocycles. The van der Waals surface area contributed by atoms with Crippen LogP contribution in [0.3, 0.4) is 0 Å². The van der Waals surface area contributed by atoms with Crippen molar-refractivity contribution >= 4 is 40.0 Å². The number of aryl methyl sites for hydroxylation is 1. The van der Waals surface area contributed by atoms with Gasteiger partial charge in [-0.1, -0.05) is 20.8 Å². The topological polar surface area (TPSA) is 130 Å².